The molecule has 2 aliphatic rings. The van der Waals surface area contributed by atoms with Gasteiger partial charge in [-0.3, -0.25) is 0 Å². The Hall–Kier alpha value is -6.45. The highest BCUT2D eigenvalue weighted by Gasteiger charge is 2.43. The van der Waals surface area contributed by atoms with Gasteiger partial charge in [0.25, 0.3) is 0 Å². The fourth-order valence-corrected chi connectivity index (χ4v) is 8.84. The van der Waals surface area contributed by atoms with Crippen LogP contribution in [0, 0.1) is 0 Å². The molecule has 0 aliphatic heterocycles. The summed E-state index contributed by atoms with van der Waals surface area (Å²) in [5, 5.41) is 0. The zero-order chi connectivity index (χ0) is 35.9. The van der Waals surface area contributed by atoms with Crippen molar-refractivity contribution in [2.24, 2.45) is 0 Å². The van der Waals surface area contributed by atoms with Crippen molar-refractivity contribution < 1.29 is 0 Å². The lowest BCUT2D eigenvalue weighted by atomic mass is 9.67. The van der Waals surface area contributed by atoms with Crippen LogP contribution in [0.1, 0.15) is 43.2 Å². The summed E-state index contributed by atoms with van der Waals surface area (Å²) in [5.74, 6) is 1.96. The minimum absolute atomic E-state index is 0.153. The molecule has 0 unspecified atom stereocenters. The van der Waals surface area contributed by atoms with Gasteiger partial charge in [-0.05, 0) is 86.7 Å². The molecule has 7 aromatic carbocycles. The molecule has 0 atom stereocenters. The van der Waals surface area contributed by atoms with Crippen LogP contribution < -0.4 is 0 Å². The third-order valence-electron chi connectivity index (χ3n) is 11.5. The van der Waals surface area contributed by atoms with E-state index in [9.17, 15) is 0 Å². The summed E-state index contributed by atoms with van der Waals surface area (Å²) < 4.78 is 0. The van der Waals surface area contributed by atoms with Crippen LogP contribution in [0.4, 0.5) is 0 Å². The number of nitrogens with zero attached hydrogens (tertiary/aromatic N) is 3. The van der Waals surface area contributed by atoms with Crippen LogP contribution in [0.3, 0.4) is 0 Å². The topological polar surface area (TPSA) is 38.7 Å². The molecular weight excluding hydrogens is 655 g/mol. The van der Waals surface area contributed by atoms with E-state index in [1.165, 1.54) is 65.5 Å². The Morgan fingerprint density at radius 2 is 0.722 bits per heavy atom. The van der Waals surface area contributed by atoms with Crippen molar-refractivity contribution in [2.75, 3.05) is 0 Å². The van der Waals surface area contributed by atoms with Gasteiger partial charge in [0.1, 0.15) is 0 Å². The molecule has 3 nitrogen and oxygen atoms in total. The van der Waals surface area contributed by atoms with E-state index < -0.39 is 0 Å². The SMILES string of the molecule is c1ccc(-c2cccc(-c3nc(-c4ccccc4)nc(-c4cccc(-c5ccc(-c6ccc7c(c6)C6(CCCCC6)c6ccccc6-7)cc5)c4)n3)c2)cc1. The molecule has 1 aromatic heterocycles. The van der Waals surface area contributed by atoms with E-state index in [0.29, 0.717) is 17.5 Å². The van der Waals surface area contributed by atoms with Crippen LogP contribution in [0.25, 0.3) is 78.7 Å². The van der Waals surface area contributed by atoms with E-state index in [2.05, 4.69) is 152 Å². The van der Waals surface area contributed by atoms with Crippen LogP contribution in [0.2, 0.25) is 0 Å². The fourth-order valence-electron chi connectivity index (χ4n) is 8.84. The second-order valence-corrected chi connectivity index (χ2v) is 14.7. The molecule has 1 fully saturated rings. The lowest BCUT2D eigenvalue weighted by Crippen LogP contribution is -2.28. The molecule has 0 N–H and O–H groups in total. The zero-order valence-electron chi connectivity index (χ0n) is 30.1. The predicted molar refractivity (Wildman–Crippen MR) is 222 cm³/mol. The van der Waals surface area contributed by atoms with Gasteiger partial charge in [-0.2, -0.15) is 0 Å². The Morgan fingerprint density at radius 1 is 0.296 bits per heavy atom. The van der Waals surface area contributed by atoms with E-state index in [-0.39, 0.29) is 5.41 Å². The first-order chi connectivity index (χ1) is 26.7. The summed E-state index contributed by atoms with van der Waals surface area (Å²) in [7, 11) is 0. The van der Waals surface area contributed by atoms with Crippen LogP contribution >= 0.6 is 0 Å². The Balaban J connectivity index is 0.993. The van der Waals surface area contributed by atoms with Gasteiger partial charge in [0, 0.05) is 22.1 Å². The fraction of sp³-hybridized carbons (Fsp3) is 0.118. The van der Waals surface area contributed by atoms with Gasteiger partial charge in [-0.15, -0.1) is 0 Å². The quantitative estimate of drug-likeness (QED) is 0.174. The van der Waals surface area contributed by atoms with Crippen molar-refractivity contribution in [3.8, 4) is 78.7 Å². The average molecular weight is 694 g/mol. The molecule has 8 aromatic rings. The van der Waals surface area contributed by atoms with Crippen LogP contribution in [-0.2, 0) is 5.41 Å². The number of aromatic nitrogens is 3. The molecule has 54 heavy (non-hydrogen) atoms. The molecule has 1 spiro atoms. The predicted octanol–water partition coefficient (Wildman–Crippen LogP) is 13.1. The summed E-state index contributed by atoms with van der Waals surface area (Å²) in [5.41, 5.74) is 16.0. The number of rotatable bonds is 6. The number of hydrogen-bond acceptors (Lipinski definition) is 3. The maximum absolute atomic E-state index is 5.08. The first kappa shape index (κ1) is 32.2. The molecule has 0 radical (unpaired) electrons. The van der Waals surface area contributed by atoms with Crippen molar-refractivity contribution in [1.29, 1.82) is 0 Å². The Labute approximate surface area is 317 Å². The highest BCUT2D eigenvalue weighted by Crippen LogP contribution is 2.56. The van der Waals surface area contributed by atoms with E-state index in [1.807, 2.05) is 24.3 Å². The maximum Gasteiger partial charge on any atom is 0.164 e. The first-order valence-electron chi connectivity index (χ1n) is 19.1. The molecular formula is C51H39N3. The van der Waals surface area contributed by atoms with Gasteiger partial charge in [0.2, 0.25) is 0 Å². The van der Waals surface area contributed by atoms with Gasteiger partial charge in [0.05, 0.1) is 0 Å². The first-order valence-corrected chi connectivity index (χ1v) is 19.1. The number of hydrogen-bond donors (Lipinski definition) is 0. The van der Waals surface area contributed by atoms with Crippen molar-refractivity contribution in [3.05, 3.63) is 187 Å². The molecule has 1 saturated carbocycles. The van der Waals surface area contributed by atoms with Gasteiger partial charge in [-0.1, -0.05) is 177 Å². The Bertz CT molecular complexity index is 2620. The standard InChI is InChI=1S/C51H39N3/c1-4-14-35(15-5-1)39-18-12-20-42(32-39)49-52-48(38-16-6-2-7-17-38)53-50(54-49)43-21-13-19-40(33-43)36-24-26-37(27-25-36)41-28-29-45-44-22-8-9-23-46(44)51(47(45)34-41)30-10-3-11-31-51/h1-2,4-9,12-29,32-34H,3,10-11,30-31H2. The lowest BCUT2D eigenvalue weighted by Gasteiger charge is -2.36. The molecule has 0 saturated heterocycles. The van der Waals surface area contributed by atoms with Gasteiger partial charge in [0.15, 0.2) is 17.5 Å². The van der Waals surface area contributed by atoms with Crippen molar-refractivity contribution in [3.63, 3.8) is 0 Å². The average Bonchev–Trinajstić information content (AvgIpc) is 3.52. The van der Waals surface area contributed by atoms with Crippen molar-refractivity contribution in [1.82, 2.24) is 15.0 Å². The second-order valence-electron chi connectivity index (χ2n) is 14.7. The minimum atomic E-state index is 0.153. The molecule has 258 valence electrons. The normalized spacial score (nSPS) is 14.1. The second kappa shape index (κ2) is 13.5. The minimum Gasteiger partial charge on any atom is -0.208 e. The van der Waals surface area contributed by atoms with Gasteiger partial charge < -0.3 is 0 Å². The number of fused-ring (bicyclic) bond motifs is 5. The van der Waals surface area contributed by atoms with Crippen LogP contribution in [-0.4, -0.2) is 15.0 Å². The van der Waals surface area contributed by atoms with Crippen LogP contribution in [0.15, 0.2) is 176 Å². The van der Waals surface area contributed by atoms with Crippen molar-refractivity contribution in [2.45, 2.75) is 37.5 Å². The molecule has 0 bridgehead atoms. The molecule has 3 heteroatoms. The van der Waals surface area contributed by atoms with Gasteiger partial charge >= 0.3 is 0 Å². The summed E-state index contributed by atoms with van der Waals surface area (Å²) in [6.45, 7) is 0. The van der Waals surface area contributed by atoms with Crippen LogP contribution in [0.5, 0.6) is 0 Å². The monoisotopic (exact) mass is 693 g/mol. The van der Waals surface area contributed by atoms with Crippen molar-refractivity contribution >= 4 is 0 Å². The third-order valence-corrected chi connectivity index (χ3v) is 11.5. The van der Waals surface area contributed by atoms with E-state index in [1.54, 1.807) is 0 Å². The smallest absolute Gasteiger partial charge is 0.164 e. The highest BCUT2D eigenvalue weighted by atomic mass is 15.0. The lowest BCUT2D eigenvalue weighted by molar-refractivity contribution is 0.353. The molecule has 1 heterocycles. The Kier molecular flexibility index (Phi) is 8.06. The summed E-state index contributed by atoms with van der Waals surface area (Å²) in [6.07, 6.45) is 6.42. The summed E-state index contributed by atoms with van der Waals surface area (Å²) in [6, 6.07) is 62.9. The highest BCUT2D eigenvalue weighted by molar-refractivity contribution is 5.84. The van der Waals surface area contributed by atoms with E-state index in [0.717, 1.165) is 38.9 Å². The zero-order valence-corrected chi connectivity index (χ0v) is 30.1. The Morgan fingerprint density at radius 3 is 1.33 bits per heavy atom. The third kappa shape index (κ3) is 5.74. The summed E-state index contributed by atoms with van der Waals surface area (Å²) >= 11 is 0. The summed E-state index contributed by atoms with van der Waals surface area (Å²) in [4.78, 5) is 15.1. The van der Waals surface area contributed by atoms with E-state index in [4.69, 9.17) is 15.0 Å². The van der Waals surface area contributed by atoms with E-state index >= 15 is 0 Å². The number of benzene rings is 7. The molecule has 2 aliphatic carbocycles. The molecule has 10 rings (SSSR count). The molecule has 0 amide bonds. The maximum atomic E-state index is 5.08. The largest absolute Gasteiger partial charge is 0.208 e. The van der Waals surface area contributed by atoms with Gasteiger partial charge in [-0.25, -0.2) is 15.0 Å².